The van der Waals surface area contributed by atoms with Crippen LogP contribution in [0.25, 0.3) is 0 Å². The van der Waals surface area contributed by atoms with Crippen molar-refractivity contribution in [2.75, 3.05) is 5.75 Å². The lowest BCUT2D eigenvalue weighted by molar-refractivity contribution is 0.575. The van der Waals surface area contributed by atoms with Gasteiger partial charge in [0.25, 0.3) is 0 Å². The quantitative estimate of drug-likeness (QED) is 0.855. The Morgan fingerprint density at radius 2 is 1.89 bits per heavy atom. The zero-order valence-electron chi connectivity index (χ0n) is 9.65. The van der Waals surface area contributed by atoms with Crippen LogP contribution in [0.3, 0.4) is 0 Å². The third-order valence-electron chi connectivity index (χ3n) is 2.53. The van der Waals surface area contributed by atoms with Gasteiger partial charge in [0.1, 0.15) is 0 Å². The molecule has 2 rings (SSSR count). The molecule has 1 N–H and O–H groups in total. The summed E-state index contributed by atoms with van der Waals surface area (Å²) >= 11 is 0. The Morgan fingerprint density at radius 1 is 1.26 bits per heavy atom. The average molecular weight is 298 g/mol. The number of hydrogen-bond donors (Lipinski definition) is 1. The van der Waals surface area contributed by atoms with Crippen molar-refractivity contribution in [1.29, 1.82) is 5.26 Å². The summed E-state index contributed by atoms with van der Waals surface area (Å²) in [6, 6.07) is 6.49. The molecule has 1 aromatic carbocycles. The Morgan fingerprint density at radius 3 is 2.37 bits per heavy atom. The van der Waals surface area contributed by atoms with E-state index in [4.69, 9.17) is 5.26 Å². The van der Waals surface area contributed by atoms with Gasteiger partial charge in [0.05, 0.1) is 28.3 Å². The number of hydrogen-bond acceptors (Lipinski definition) is 5. The molecule has 1 aliphatic heterocycles. The van der Waals surface area contributed by atoms with Gasteiger partial charge in [0.2, 0.25) is 10.0 Å². The molecule has 1 aromatic rings. The lowest BCUT2D eigenvalue weighted by atomic mass is 10.2. The van der Waals surface area contributed by atoms with Gasteiger partial charge in [-0.1, -0.05) is 6.08 Å². The van der Waals surface area contributed by atoms with E-state index in [0.29, 0.717) is 5.56 Å². The van der Waals surface area contributed by atoms with Crippen LogP contribution in [-0.2, 0) is 19.9 Å². The minimum atomic E-state index is -3.79. The van der Waals surface area contributed by atoms with Gasteiger partial charge in [-0.2, -0.15) is 5.26 Å². The molecular formula is C11H10N2O4S2. The third-order valence-corrected chi connectivity index (χ3v) is 5.43. The summed E-state index contributed by atoms with van der Waals surface area (Å²) in [7, 11) is -7.11. The molecule has 0 saturated carbocycles. The maximum atomic E-state index is 12.0. The first-order valence-electron chi connectivity index (χ1n) is 5.26. The van der Waals surface area contributed by atoms with Crippen molar-refractivity contribution in [3.63, 3.8) is 0 Å². The van der Waals surface area contributed by atoms with E-state index in [1.807, 2.05) is 6.07 Å². The fourth-order valence-electron chi connectivity index (χ4n) is 1.63. The number of nitrogens with one attached hydrogen (secondary N) is 1. The molecule has 1 heterocycles. The third kappa shape index (κ3) is 3.20. The molecule has 0 fully saturated rings. The van der Waals surface area contributed by atoms with E-state index in [-0.39, 0.29) is 10.6 Å². The van der Waals surface area contributed by atoms with Crippen molar-refractivity contribution < 1.29 is 16.8 Å². The molecule has 0 radical (unpaired) electrons. The fraction of sp³-hybridized carbons (Fsp3) is 0.182. The Labute approximate surface area is 111 Å². The Kier molecular flexibility index (Phi) is 3.45. The zero-order valence-corrected chi connectivity index (χ0v) is 11.3. The van der Waals surface area contributed by atoms with Gasteiger partial charge >= 0.3 is 0 Å². The SMILES string of the molecule is N#Cc1ccc(S(=O)(=O)NC2C=CS(=O)(=O)C2)cc1. The van der Waals surface area contributed by atoms with Gasteiger partial charge in [-0.15, -0.1) is 0 Å². The number of rotatable bonds is 3. The number of sulfone groups is 1. The molecule has 0 bridgehead atoms. The summed E-state index contributed by atoms with van der Waals surface area (Å²) in [4.78, 5) is -0.0100. The molecule has 8 heteroatoms. The van der Waals surface area contributed by atoms with Gasteiger partial charge in [-0.25, -0.2) is 21.6 Å². The van der Waals surface area contributed by atoms with Crippen LogP contribution in [-0.4, -0.2) is 28.6 Å². The van der Waals surface area contributed by atoms with Crippen LogP contribution in [0.5, 0.6) is 0 Å². The molecule has 1 atom stereocenters. The van der Waals surface area contributed by atoms with E-state index in [9.17, 15) is 16.8 Å². The average Bonchev–Trinajstić information content (AvgIpc) is 2.68. The maximum Gasteiger partial charge on any atom is 0.241 e. The van der Waals surface area contributed by atoms with E-state index in [0.717, 1.165) is 5.41 Å². The zero-order chi connectivity index (χ0) is 14.1. The second-order valence-corrected chi connectivity index (χ2v) is 7.67. The van der Waals surface area contributed by atoms with Gasteiger partial charge < -0.3 is 0 Å². The van der Waals surface area contributed by atoms with Gasteiger partial charge in [-0.3, -0.25) is 0 Å². The molecule has 100 valence electrons. The molecule has 1 unspecified atom stereocenters. The van der Waals surface area contributed by atoms with E-state index in [1.54, 1.807) is 0 Å². The van der Waals surface area contributed by atoms with Crippen molar-refractivity contribution in [3.05, 3.63) is 41.3 Å². The van der Waals surface area contributed by atoms with E-state index in [1.165, 1.54) is 30.3 Å². The predicted molar refractivity (Wildman–Crippen MR) is 68.2 cm³/mol. The summed E-state index contributed by atoms with van der Waals surface area (Å²) in [5.74, 6) is -0.275. The molecule has 0 saturated heterocycles. The summed E-state index contributed by atoms with van der Waals surface area (Å²) in [6.07, 6.45) is 1.30. The molecule has 0 amide bonds. The number of nitrogens with zero attached hydrogens (tertiary/aromatic N) is 1. The van der Waals surface area contributed by atoms with Crippen molar-refractivity contribution in [3.8, 4) is 6.07 Å². The highest BCUT2D eigenvalue weighted by molar-refractivity contribution is 7.94. The Balaban J connectivity index is 2.20. The van der Waals surface area contributed by atoms with Crippen LogP contribution >= 0.6 is 0 Å². The molecule has 1 aliphatic rings. The molecule has 0 aliphatic carbocycles. The van der Waals surface area contributed by atoms with Gasteiger partial charge in [0, 0.05) is 5.41 Å². The smallest absolute Gasteiger partial charge is 0.224 e. The predicted octanol–water partition coefficient (Wildman–Crippen LogP) is 0.147. The molecular weight excluding hydrogens is 288 g/mol. The van der Waals surface area contributed by atoms with Crippen molar-refractivity contribution in [2.24, 2.45) is 0 Å². The first kappa shape index (κ1) is 13.7. The summed E-state index contributed by atoms with van der Waals surface area (Å²) < 4.78 is 48.6. The van der Waals surface area contributed by atoms with Crippen molar-refractivity contribution >= 4 is 19.9 Å². The summed E-state index contributed by atoms with van der Waals surface area (Å²) in [6.45, 7) is 0. The molecule has 19 heavy (non-hydrogen) atoms. The van der Waals surface area contributed by atoms with Crippen LogP contribution < -0.4 is 4.72 Å². The first-order chi connectivity index (χ1) is 8.82. The van der Waals surface area contributed by atoms with Crippen molar-refractivity contribution in [2.45, 2.75) is 10.9 Å². The topological polar surface area (TPSA) is 104 Å². The Bertz CT molecular complexity index is 756. The minimum absolute atomic E-state index is 0.0100. The van der Waals surface area contributed by atoms with E-state index in [2.05, 4.69) is 4.72 Å². The van der Waals surface area contributed by atoms with Gasteiger partial charge in [-0.05, 0) is 24.3 Å². The standard InChI is InChI=1S/C11H10N2O4S2/c12-7-9-1-3-11(4-2-9)19(16,17)13-10-5-6-18(14,15)8-10/h1-6,10,13H,8H2. The summed E-state index contributed by atoms with van der Waals surface area (Å²) in [5, 5.41) is 9.63. The monoisotopic (exact) mass is 298 g/mol. The fourth-order valence-corrected chi connectivity index (χ4v) is 4.16. The lowest BCUT2D eigenvalue weighted by Gasteiger charge is -2.10. The highest BCUT2D eigenvalue weighted by atomic mass is 32.2. The maximum absolute atomic E-state index is 12.0. The molecule has 6 nitrogen and oxygen atoms in total. The highest BCUT2D eigenvalue weighted by Crippen LogP contribution is 2.14. The highest BCUT2D eigenvalue weighted by Gasteiger charge is 2.26. The van der Waals surface area contributed by atoms with Crippen LogP contribution in [0.1, 0.15) is 5.56 Å². The van der Waals surface area contributed by atoms with Crippen LogP contribution in [0.15, 0.2) is 40.6 Å². The number of benzene rings is 1. The van der Waals surface area contributed by atoms with E-state index >= 15 is 0 Å². The first-order valence-corrected chi connectivity index (χ1v) is 8.46. The number of sulfonamides is 1. The normalized spacial score (nSPS) is 21.1. The lowest BCUT2D eigenvalue weighted by Crippen LogP contribution is -2.35. The van der Waals surface area contributed by atoms with Crippen LogP contribution in [0.4, 0.5) is 0 Å². The van der Waals surface area contributed by atoms with Gasteiger partial charge in [0.15, 0.2) is 9.84 Å². The minimum Gasteiger partial charge on any atom is -0.224 e. The van der Waals surface area contributed by atoms with E-state index < -0.39 is 25.9 Å². The largest absolute Gasteiger partial charge is 0.241 e. The second-order valence-electron chi connectivity index (χ2n) is 4.02. The summed E-state index contributed by atoms with van der Waals surface area (Å²) in [5.41, 5.74) is 0.349. The van der Waals surface area contributed by atoms with Crippen LogP contribution in [0, 0.1) is 11.3 Å². The Hall–Kier alpha value is -1.69. The molecule has 0 spiro atoms. The number of nitriles is 1. The van der Waals surface area contributed by atoms with Crippen molar-refractivity contribution in [1.82, 2.24) is 4.72 Å². The second kappa shape index (κ2) is 4.77. The van der Waals surface area contributed by atoms with Crippen LogP contribution in [0.2, 0.25) is 0 Å². The molecule has 0 aromatic heterocycles.